The van der Waals surface area contributed by atoms with Crippen molar-refractivity contribution in [2.24, 2.45) is 0 Å². The van der Waals surface area contributed by atoms with Crippen LogP contribution in [0.3, 0.4) is 0 Å². The molecular weight excluding hydrogens is 223 g/mol. The Kier molecular flexibility index (Phi) is 4.50. The van der Waals surface area contributed by atoms with Crippen molar-refractivity contribution in [3.8, 4) is 0 Å². The predicted octanol–water partition coefficient (Wildman–Crippen LogP) is 3.09. The summed E-state index contributed by atoms with van der Waals surface area (Å²) in [7, 11) is 0. The van der Waals surface area contributed by atoms with Crippen LogP contribution in [-0.4, -0.2) is 13.1 Å². The van der Waals surface area contributed by atoms with Crippen LogP contribution >= 0.6 is 23.2 Å². The maximum Gasteiger partial charge on any atom is 0.417 e. The highest BCUT2D eigenvalue weighted by molar-refractivity contribution is 6.42. The van der Waals surface area contributed by atoms with E-state index in [2.05, 4.69) is 4.74 Å². The molecule has 0 spiro atoms. The Balaban J connectivity index is 2.71. The van der Waals surface area contributed by atoms with Gasteiger partial charge in [0.1, 0.15) is 6.61 Å². The molecule has 0 aromatic heterocycles. The lowest BCUT2D eigenvalue weighted by molar-refractivity contribution is 0.314. The van der Waals surface area contributed by atoms with Crippen molar-refractivity contribution < 1.29 is 9.53 Å². The summed E-state index contributed by atoms with van der Waals surface area (Å²) < 4.78 is 4.36. The molecule has 2 nitrogen and oxygen atoms in total. The molecule has 1 radical (unpaired) electrons. The van der Waals surface area contributed by atoms with Gasteiger partial charge in [0.25, 0.3) is 0 Å². The van der Waals surface area contributed by atoms with Crippen LogP contribution in [0, 0.1) is 0 Å². The molecule has 4 heteroatoms. The van der Waals surface area contributed by atoms with Crippen molar-refractivity contribution in [2.45, 2.75) is 0 Å². The summed E-state index contributed by atoms with van der Waals surface area (Å²) in [5, 5.41) is 0.984. The molecule has 0 N–H and O–H groups in total. The van der Waals surface area contributed by atoms with Gasteiger partial charge in [-0.2, -0.15) is 0 Å². The average Bonchev–Trinajstić information content (AvgIpc) is 2.19. The lowest BCUT2D eigenvalue weighted by Crippen LogP contribution is -1.85. The largest absolute Gasteiger partial charge is 0.453 e. The van der Waals surface area contributed by atoms with E-state index in [-0.39, 0.29) is 6.61 Å². The minimum atomic E-state index is 0.173. The quantitative estimate of drug-likeness (QED) is 0.743. The van der Waals surface area contributed by atoms with Crippen LogP contribution in [-0.2, 0) is 9.53 Å². The van der Waals surface area contributed by atoms with Crippen molar-refractivity contribution in [1.29, 1.82) is 0 Å². The number of ether oxygens (including phenoxy) is 1. The van der Waals surface area contributed by atoms with E-state index in [0.29, 0.717) is 10.0 Å². The Morgan fingerprint density at radius 3 is 2.93 bits per heavy atom. The van der Waals surface area contributed by atoms with Crippen molar-refractivity contribution >= 4 is 35.8 Å². The van der Waals surface area contributed by atoms with Crippen LogP contribution in [0.5, 0.6) is 0 Å². The lowest BCUT2D eigenvalue weighted by Gasteiger charge is -1.99. The SMILES string of the molecule is O=[C]OC/C=C/c1cccc(Cl)c1Cl. The van der Waals surface area contributed by atoms with Gasteiger partial charge in [-0.05, 0) is 17.7 Å². The Bertz CT molecular complexity index is 348. The van der Waals surface area contributed by atoms with Crippen LogP contribution in [0.4, 0.5) is 0 Å². The number of hydrogen-bond acceptors (Lipinski definition) is 2. The highest BCUT2D eigenvalue weighted by Crippen LogP contribution is 2.26. The van der Waals surface area contributed by atoms with Crippen molar-refractivity contribution in [1.82, 2.24) is 0 Å². The molecule has 0 saturated heterocycles. The fourth-order valence-electron chi connectivity index (χ4n) is 0.906. The van der Waals surface area contributed by atoms with Crippen molar-refractivity contribution in [2.75, 3.05) is 6.61 Å². The summed E-state index contributed by atoms with van der Waals surface area (Å²) in [6, 6.07) is 5.31. The smallest absolute Gasteiger partial charge is 0.417 e. The Labute approximate surface area is 92.1 Å². The van der Waals surface area contributed by atoms with Gasteiger partial charge in [0, 0.05) is 0 Å². The van der Waals surface area contributed by atoms with Gasteiger partial charge in [0.15, 0.2) is 0 Å². The molecule has 73 valence electrons. The van der Waals surface area contributed by atoms with Gasteiger partial charge in [-0.3, -0.25) is 0 Å². The number of halogens is 2. The van der Waals surface area contributed by atoms with Gasteiger partial charge in [-0.25, -0.2) is 4.79 Å². The predicted molar refractivity (Wildman–Crippen MR) is 57.1 cm³/mol. The third-order valence-electron chi connectivity index (χ3n) is 1.52. The fourth-order valence-corrected chi connectivity index (χ4v) is 1.28. The summed E-state index contributed by atoms with van der Waals surface area (Å²) in [5.74, 6) is 0. The topological polar surface area (TPSA) is 26.3 Å². The van der Waals surface area contributed by atoms with E-state index in [0.717, 1.165) is 5.56 Å². The summed E-state index contributed by atoms with van der Waals surface area (Å²) in [6.07, 6.45) is 3.38. The summed E-state index contributed by atoms with van der Waals surface area (Å²) >= 11 is 11.7. The Morgan fingerprint density at radius 2 is 2.21 bits per heavy atom. The van der Waals surface area contributed by atoms with E-state index in [1.165, 1.54) is 6.47 Å². The second-order valence-corrected chi connectivity index (χ2v) is 3.22. The molecule has 1 aromatic carbocycles. The Morgan fingerprint density at radius 1 is 1.43 bits per heavy atom. The van der Waals surface area contributed by atoms with E-state index in [1.807, 2.05) is 6.07 Å². The fraction of sp³-hybridized carbons (Fsp3) is 0.100. The molecule has 0 aliphatic carbocycles. The molecule has 0 bridgehead atoms. The van der Waals surface area contributed by atoms with Crippen LogP contribution in [0.25, 0.3) is 6.08 Å². The minimum absolute atomic E-state index is 0.173. The van der Waals surface area contributed by atoms with Crippen LogP contribution in [0.15, 0.2) is 24.3 Å². The highest BCUT2D eigenvalue weighted by atomic mass is 35.5. The number of hydrogen-bond donors (Lipinski definition) is 0. The summed E-state index contributed by atoms with van der Waals surface area (Å²) in [4.78, 5) is 9.71. The van der Waals surface area contributed by atoms with E-state index in [9.17, 15) is 4.79 Å². The van der Waals surface area contributed by atoms with Crippen LogP contribution < -0.4 is 0 Å². The summed E-state index contributed by atoms with van der Waals surface area (Å²) in [5.41, 5.74) is 0.786. The van der Waals surface area contributed by atoms with Gasteiger partial charge in [0.2, 0.25) is 0 Å². The summed E-state index contributed by atoms with van der Waals surface area (Å²) in [6.45, 7) is 1.49. The standard InChI is InChI=1S/C10H7Cl2O2/c11-9-5-1-3-8(10(9)12)4-2-6-14-7-13/h1-5H,6H2/b4-2+. The first-order valence-electron chi connectivity index (χ1n) is 3.85. The zero-order valence-electron chi connectivity index (χ0n) is 7.17. The highest BCUT2D eigenvalue weighted by Gasteiger charge is 1.99. The number of carbonyl (C=O) groups excluding carboxylic acids is 1. The molecule has 14 heavy (non-hydrogen) atoms. The molecule has 0 saturated carbocycles. The maximum absolute atomic E-state index is 9.71. The van der Waals surface area contributed by atoms with E-state index < -0.39 is 0 Å². The number of rotatable bonds is 4. The zero-order chi connectivity index (χ0) is 10.4. The normalized spacial score (nSPS) is 10.4. The number of benzene rings is 1. The molecule has 0 amide bonds. The van der Waals surface area contributed by atoms with Gasteiger partial charge in [0.05, 0.1) is 10.0 Å². The van der Waals surface area contributed by atoms with E-state index in [1.54, 1.807) is 24.3 Å². The third kappa shape index (κ3) is 3.05. The first-order valence-corrected chi connectivity index (χ1v) is 4.61. The van der Waals surface area contributed by atoms with Crippen LogP contribution in [0.1, 0.15) is 5.56 Å². The monoisotopic (exact) mass is 229 g/mol. The second-order valence-electron chi connectivity index (χ2n) is 2.44. The van der Waals surface area contributed by atoms with Crippen LogP contribution in [0.2, 0.25) is 10.0 Å². The first kappa shape index (κ1) is 11.1. The average molecular weight is 230 g/mol. The molecule has 0 atom stereocenters. The maximum atomic E-state index is 9.71. The van der Waals surface area contributed by atoms with Gasteiger partial charge in [-0.1, -0.05) is 41.4 Å². The molecule has 0 aliphatic heterocycles. The molecule has 0 aliphatic rings. The van der Waals surface area contributed by atoms with E-state index in [4.69, 9.17) is 23.2 Å². The van der Waals surface area contributed by atoms with Crippen molar-refractivity contribution in [3.05, 3.63) is 39.9 Å². The van der Waals surface area contributed by atoms with Crippen molar-refractivity contribution in [3.63, 3.8) is 0 Å². The second kappa shape index (κ2) is 5.68. The van der Waals surface area contributed by atoms with Gasteiger partial charge < -0.3 is 4.74 Å². The molecule has 0 heterocycles. The molecular formula is C10H7Cl2O2. The third-order valence-corrected chi connectivity index (χ3v) is 2.35. The lowest BCUT2D eigenvalue weighted by atomic mass is 10.2. The molecule has 0 fully saturated rings. The Hall–Kier alpha value is -0.990. The van der Waals surface area contributed by atoms with Gasteiger partial charge in [-0.15, -0.1) is 0 Å². The molecule has 0 unspecified atom stereocenters. The zero-order valence-corrected chi connectivity index (χ0v) is 8.68. The molecule has 1 aromatic rings. The van der Waals surface area contributed by atoms with Gasteiger partial charge >= 0.3 is 6.47 Å². The minimum Gasteiger partial charge on any atom is -0.453 e. The first-order chi connectivity index (χ1) is 6.75. The molecule has 1 rings (SSSR count). The van der Waals surface area contributed by atoms with E-state index >= 15 is 0 Å².